The zero-order valence-corrected chi connectivity index (χ0v) is 19.9. The zero-order valence-electron chi connectivity index (χ0n) is 19.9. The predicted molar refractivity (Wildman–Crippen MR) is 140 cm³/mol. The number of amides is 1. The van der Waals surface area contributed by atoms with Gasteiger partial charge in [0.1, 0.15) is 0 Å². The van der Waals surface area contributed by atoms with Crippen molar-refractivity contribution in [3.05, 3.63) is 143 Å². The first-order chi connectivity index (χ1) is 17.3. The molecule has 2 aliphatic heterocycles. The third-order valence-corrected chi connectivity index (χ3v) is 7.58. The van der Waals surface area contributed by atoms with Gasteiger partial charge in [0.2, 0.25) is 5.91 Å². The monoisotopic (exact) mass is 458 g/mol. The fourth-order valence-electron chi connectivity index (χ4n) is 5.83. The Kier molecular flexibility index (Phi) is 5.93. The maximum absolute atomic E-state index is 13.7. The van der Waals surface area contributed by atoms with Crippen molar-refractivity contribution < 1.29 is 4.79 Å². The van der Waals surface area contributed by atoms with Gasteiger partial charge in [0.15, 0.2) is 0 Å². The lowest BCUT2D eigenvalue weighted by atomic mass is 9.84. The number of carbonyl (C=O) groups excluding carboxylic acids is 1. The molecule has 6 rings (SSSR count). The van der Waals surface area contributed by atoms with Crippen LogP contribution in [0.2, 0.25) is 0 Å². The summed E-state index contributed by atoms with van der Waals surface area (Å²) < 4.78 is 0. The Hall–Kier alpha value is -3.69. The molecule has 4 aromatic rings. The van der Waals surface area contributed by atoms with Crippen LogP contribution in [0.5, 0.6) is 0 Å². The van der Waals surface area contributed by atoms with E-state index in [9.17, 15) is 4.79 Å². The quantitative estimate of drug-likeness (QED) is 0.385. The minimum Gasteiger partial charge on any atom is -0.336 e. The van der Waals surface area contributed by atoms with Crippen molar-refractivity contribution in [1.29, 1.82) is 0 Å². The normalized spacial score (nSPS) is 19.6. The summed E-state index contributed by atoms with van der Waals surface area (Å²) in [5.41, 5.74) is 7.90. The molecule has 0 N–H and O–H groups in total. The van der Waals surface area contributed by atoms with Crippen LogP contribution in [0.3, 0.4) is 0 Å². The van der Waals surface area contributed by atoms with Gasteiger partial charge in [-0.2, -0.15) is 0 Å². The van der Waals surface area contributed by atoms with E-state index in [1.807, 2.05) is 0 Å². The molecule has 0 spiro atoms. The zero-order chi connectivity index (χ0) is 23.6. The first kappa shape index (κ1) is 21.8. The van der Waals surface area contributed by atoms with E-state index in [1.54, 1.807) is 0 Å². The Bertz CT molecular complexity index is 1320. The van der Waals surface area contributed by atoms with E-state index >= 15 is 0 Å². The van der Waals surface area contributed by atoms with E-state index in [1.165, 1.54) is 33.4 Å². The van der Waals surface area contributed by atoms with Gasteiger partial charge in [-0.25, -0.2) is 0 Å². The second kappa shape index (κ2) is 9.52. The van der Waals surface area contributed by atoms with Crippen LogP contribution < -0.4 is 0 Å². The number of rotatable bonds is 4. The van der Waals surface area contributed by atoms with E-state index in [0.29, 0.717) is 13.1 Å². The third-order valence-electron chi connectivity index (χ3n) is 7.58. The smallest absolute Gasteiger partial charge is 0.237 e. The van der Waals surface area contributed by atoms with Crippen molar-refractivity contribution in [1.82, 2.24) is 9.80 Å². The fraction of sp³-hybridized carbons (Fsp3) is 0.219. The molecule has 2 unspecified atom stereocenters. The number of carbonyl (C=O) groups is 1. The average Bonchev–Trinajstić information content (AvgIpc) is 2.93. The highest BCUT2D eigenvalue weighted by Gasteiger charge is 2.32. The molecule has 0 saturated heterocycles. The number of nitrogens with zero attached hydrogens (tertiary/aromatic N) is 2. The largest absolute Gasteiger partial charge is 0.336 e. The minimum atomic E-state index is 0.212. The molecule has 0 aliphatic carbocycles. The Morgan fingerprint density at radius 1 is 0.600 bits per heavy atom. The third kappa shape index (κ3) is 4.40. The molecule has 1 amide bonds. The summed E-state index contributed by atoms with van der Waals surface area (Å²) in [5, 5.41) is 0. The number of hydrogen-bond donors (Lipinski definition) is 0. The fourth-order valence-corrected chi connectivity index (χ4v) is 5.83. The van der Waals surface area contributed by atoms with Crippen molar-refractivity contribution in [3.8, 4) is 0 Å². The summed E-state index contributed by atoms with van der Waals surface area (Å²) in [4.78, 5) is 18.1. The van der Waals surface area contributed by atoms with E-state index < -0.39 is 0 Å². The van der Waals surface area contributed by atoms with Crippen molar-refractivity contribution >= 4 is 5.91 Å². The van der Waals surface area contributed by atoms with Gasteiger partial charge in [0.25, 0.3) is 0 Å². The van der Waals surface area contributed by atoms with Crippen LogP contribution >= 0.6 is 0 Å². The highest BCUT2D eigenvalue weighted by Crippen LogP contribution is 2.35. The molecule has 0 aromatic heterocycles. The Morgan fingerprint density at radius 2 is 1.09 bits per heavy atom. The molecular formula is C32H30N2O. The van der Waals surface area contributed by atoms with Gasteiger partial charge >= 0.3 is 0 Å². The topological polar surface area (TPSA) is 23.6 Å². The molecule has 2 aliphatic rings. The van der Waals surface area contributed by atoms with Gasteiger partial charge in [0.05, 0.1) is 6.54 Å². The SMILES string of the molecule is O=C(CN1Cc2ccccc2C(c2ccccc2)C1)N1Cc2ccccc2C(c2ccccc2)C1. The molecule has 0 saturated carbocycles. The van der Waals surface area contributed by atoms with E-state index in [0.717, 1.165) is 19.6 Å². The van der Waals surface area contributed by atoms with Crippen LogP contribution in [0, 0.1) is 0 Å². The van der Waals surface area contributed by atoms with Crippen LogP contribution in [0.25, 0.3) is 0 Å². The van der Waals surface area contributed by atoms with E-state index in [-0.39, 0.29) is 17.7 Å². The lowest BCUT2D eigenvalue weighted by molar-refractivity contribution is -0.133. The number of hydrogen-bond acceptors (Lipinski definition) is 2. The highest BCUT2D eigenvalue weighted by molar-refractivity contribution is 5.79. The number of benzene rings is 4. The van der Waals surface area contributed by atoms with Gasteiger partial charge in [-0.1, -0.05) is 109 Å². The van der Waals surface area contributed by atoms with Crippen molar-refractivity contribution in [3.63, 3.8) is 0 Å². The molecule has 4 aromatic carbocycles. The van der Waals surface area contributed by atoms with Gasteiger partial charge in [-0.15, -0.1) is 0 Å². The Labute approximate surface area is 207 Å². The molecule has 2 heterocycles. The van der Waals surface area contributed by atoms with Crippen LogP contribution in [-0.4, -0.2) is 35.3 Å². The predicted octanol–water partition coefficient (Wildman–Crippen LogP) is 5.81. The summed E-state index contributed by atoms with van der Waals surface area (Å²) in [6.45, 7) is 3.54. The van der Waals surface area contributed by atoms with E-state index in [2.05, 4.69) is 119 Å². The van der Waals surface area contributed by atoms with Crippen molar-refractivity contribution in [2.24, 2.45) is 0 Å². The lowest BCUT2D eigenvalue weighted by Crippen LogP contribution is -2.46. The van der Waals surface area contributed by atoms with Crippen LogP contribution in [0.1, 0.15) is 45.2 Å². The van der Waals surface area contributed by atoms with Gasteiger partial charge < -0.3 is 4.90 Å². The highest BCUT2D eigenvalue weighted by atomic mass is 16.2. The van der Waals surface area contributed by atoms with Gasteiger partial charge in [-0.05, 0) is 33.4 Å². The second-order valence-electron chi connectivity index (χ2n) is 9.77. The Morgan fingerprint density at radius 3 is 1.69 bits per heavy atom. The summed E-state index contributed by atoms with van der Waals surface area (Å²) in [6, 6.07) is 38.6. The number of fused-ring (bicyclic) bond motifs is 2. The van der Waals surface area contributed by atoms with Crippen molar-refractivity contribution in [2.75, 3.05) is 19.6 Å². The molecular weight excluding hydrogens is 428 g/mol. The van der Waals surface area contributed by atoms with E-state index in [4.69, 9.17) is 0 Å². The maximum atomic E-state index is 13.7. The summed E-state index contributed by atoms with van der Waals surface area (Å²) >= 11 is 0. The second-order valence-corrected chi connectivity index (χ2v) is 9.77. The standard InChI is InChI=1S/C32H30N2O/c35-32(34-20-27-16-8-10-18-29(27)31(22-34)25-13-5-2-6-14-25)23-33-19-26-15-7-9-17-28(26)30(21-33)24-11-3-1-4-12-24/h1-18,30-31H,19-23H2. The van der Waals surface area contributed by atoms with Crippen molar-refractivity contribution in [2.45, 2.75) is 24.9 Å². The lowest BCUT2D eigenvalue weighted by Gasteiger charge is -2.38. The first-order valence-corrected chi connectivity index (χ1v) is 12.5. The maximum Gasteiger partial charge on any atom is 0.237 e. The molecule has 3 nitrogen and oxygen atoms in total. The van der Waals surface area contributed by atoms with Crippen LogP contribution in [0.15, 0.2) is 109 Å². The van der Waals surface area contributed by atoms with Gasteiger partial charge in [0, 0.05) is 38.0 Å². The average molecular weight is 459 g/mol. The van der Waals surface area contributed by atoms with Crippen LogP contribution in [0.4, 0.5) is 0 Å². The molecule has 3 heteroatoms. The molecule has 0 radical (unpaired) electrons. The Balaban J connectivity index is 1.24. The molecule has 174 valence electrons. The minimum absolute atomic E-state index is 0.212. The summed E-state index contributed by atoms with van der Waals surface area (Å²) in [7, 11) is 0. The molecule has 2 atom stereocenters. The van der Waals surface area contributed by atoms with Gasteiger partial charge in [-0.3, -0.25) is 9.69 Å². The van der Waals surface area contributed by atoms with Crippen LogP contribution in [-0.2, 0) is 17.9 Å². The summed E-state index contributed by atoms with van der Waals surface area (Å²) in [6.07, 6.45) is 0. The molecule has 0 bridgehead atoms. The summed E-state index contributed by atoms with van der Waals surface area (Å²) in [5.74, 6) is 0.712. The first-order valence-electron chi connectivity index (χ1n) is 12.5. The molecule has 0 fully saturated rings. The molecule has 35 heavy (non-hydrogen) atoms.